The standard InChI is InChI=1S/C15H13N3O/c16-9-15-14-4-3-12(8-11(14)5-6-17-15)18-7-1-2-13(18)10-19/h3-6,8,10,13H,1-2,7H2. The minimum atomic E-state index is -0.0188. The molecule has 4 heteroatoms. The molecule has 1 aliphatic rings. The molecule has 19 heavy (non-hydrogen) atoms. The summed E-state index contributed by atoms with van der Waals surface area (Å²) in [6.45, 7) is 0.908. The van der Waals surface area contributed by atoms with Gasteiger partial charge in [0.15, 0.2) is 0 Å². The summed E-state index contributed by atoms with van der Waals surface area (Å²) in [5.41, 5.74) is 1.48. The van der Waals surface area contributed by atoms with E-state index in [2.05, 4.69) is 16.0 Å². The van der Waals surface area contributed by atoms with Gasteiger partial charge in [-0.05, 0) is 42.5 Å². The van der Waals surface area contributed by atoms with Crippen molar-refractivity contribution in [3.63, 3.8) is 0 Å². The summed E-state index contributed by atoms with van der Waals surface area (Å²) in [6, 6.07) is 9.88. The first-order valence-electron chi connectivity index (χ1n) is 6.34. The Labute approximate surface area is 111 Å². The number of rotatable bonds is 2. The van der Waals surface area contributed by atoms with E-state index in [1.807, 2.05) is 24.3 Å². The molecule has 1 atom stereocenters. The van der Waals surface area contributed by atoms with Crippen molar-refractivity contribution in [2.45, 2.75) is 18.9 Å². The lowest BCUT2D eigenvalue weighted by Gasteiger charge is -2.23. The summed E-state index contributed by atoms with van der Waals surface area (Å²) in [6.07, 6.45) is 4.62. The average molecular weight is 251 g/mol. The molecular formula is C15H13N3O. The number of anilines is 1. The number of hydrogen-bond acceptors (Lipinski definition) is 4. The van der Waals surface area contributed by atoms with Crippen molar-refractivity contribution in [3.05, 3.63) is 36.2 Å². The molecule has 2 heterocycles. The Kier molecular flexibility index (Phi) is 2.88. The SMILES string of the molecule is N#Cc1nccc2cc(N3CCCC3C=O)ccc12. The normalized spacial score (nSPS) is 18.5. The highest BCUT2D eigenvalue weighted by Gasteiger charge is 2.24. The first kappa shape index (κ1) is 11.7. The monoisotopic (exact) mass is 251 g/mol. The maximum atomic E-state index is 11.1. The lowest BCUT2D eigenvalue weighted by atomic mass is 10.1. The number of nitriles is 1. The van der Waals surface area contributed by atoms with Crippen LogP contribution >= 0.6 is 0 Å². The van der Waals surface area contributed by atoms with Crippen molar-refractivity contribution >= 4 is 22.7 Å². The number of fused-ring (bicyclic) bond motifs is 1. The Morgan fingerprint density at radius 3 is 3.11 bits per heavy atom. The van der Waals surface area contributed by atoms with Crippen LogP contribution in [0.1, 0.15) is 18.5 Å². The van der Waals surface area contributed by atoms with Crippen LogP contribution in [0.4, 0.5) is 5.69 Å². The van der Waals surface area contributed by atoms with Gasteiger partial charge < -0.3 is 9.69 Å². The molecule has 0 saturated carbocycles. The van der Waals surface area contributed by atoms with Gasteiger partial charge in [-0.2, -0.15) is 5.26 Å². The second kappa shape index (κ2) is 4.69. The molecule has 1 aromatic carbocycles. The van der Waals surface area contributed by atoms with Crippen LogP contribution in [0.5, 0.6) is 0 Å². The summed E-state index contributed by atoms with van der Waals surface area (Å²) >= 11 is 0. The number of benzene rings is 1. The van der Waals surface area contributed by atoms with Crippen molar-refractivity contribution in [1.29, 1.82) is 5.26 Å². The van der Waals surface area contributed by atoms with Crippen molar-refractivity contribution in [2.75, 3.05) is 11.4 Å². The zero-order chi connectivity index (χ0) is 13.2. The molecule has 4 nitrogen and oxygen atoms in total. The lowest BCUT2D eigenvalue weighted by molar-refractivity contribution is -0.108. The van der Waals surface area contributed by atoms with Crippen LogP contribution in [0.15, 0.2) is 30.5 Å². The summed E-state index contributed by atoms with van der Waals surface area (Å²) in [5, 5.41) is 10.9. The maximum Gasteiger partial charge on any atom is 0.148 e. The first-order chi connectivity index (χ1) is 9.33. The molecule has 1 aromatic heterocycles. The molecule has 0 amide bonds. The molecule has 0 bridgehead atoms. The largest absolute Gasteiger partial charge is 0.362 e. The van der Waals surface area contributed by atoms with Gasteiger partial charge >= 0.3 is 0 Å². The molecule has 0 spiro atoms. The van der Waals surface area contributed by atoms with Crippen molar-refractivity contribution < 1.29 is 4.79 Å². The molecule has 1 aliphatic heterocycles. The maximum absolute atomic E-state index is 11.1. The average Bonchev–Trinajstić information content (AvgIpc) is 2.94. The highest BCUT2D eigenvalue weighted by molar-refractivity contribution is 5.89. The van der Waals surface area contributed by atoms with Crippen LogP contribution in [0.25, 0.3) is 10.8 Å². The fourth-order valence-electron chi connectivity index (χ4n) is 2.69. The van der Waals surface area contributed by atoms with E-state index in [4.69, 9.17) is 5.26 Å². The summed E-state index contributed by atoms with van der Waals surface area (Å²) < 4.78 is 0. The van der Waals surface area contributed by atoms with Gasteiger partial charge in [-0.15, -0.1) is 0 Å². The van der Waals surface area contributed by atoms with Gasteiger partial charge in [-0.3, -0.25) is 0 Å². The van der Waals surface area contributed by atoms with Crippen molar-refractivity contribution in [1.82, 2.24) is 4.98 Å². The molecule has 0 aliphatic carbocycles. The number of pyridine rings is 1. The van der Waals surface area contributed by atoms with Gasteiger partial charge in [0.1, 0.15) is 18.0 Å². The molecule has 0 radical (unpaired) electrons. The molecule has 3 rings (SSSR count). The van der Waals surface area contributed by atoms with E-state index in [0.717, 1.165) is 42.1 Å². The highest BCUT2D eigenvalue weighted by atomic mass is 16.1. The second-order valence-electron chi connectivity index (χ2n) is 4.72. The van der Waals surface area contributed by atoms with Crippen LogP contribution in [-0.2, 0) is 4.79 Å². The van der Waals surface area contributed by atoms with Crippen molar-refractivity contribution in [2.24, 2.45) is 0 Å². The Bertz CT molecular complexity index is 675. The number of aromatic nitrogens is 1. The number of hydrogen-bond donors (Lipinski definition) is 0. The molecule has 2 aromatic rings. The summed E-state index contributed by atoms with van der Waals surface area (Å²) in [7, 11) is 0. The third-order valence-corrected chi connectivity index (χ3v) is 3.64. The van der Waals surface area contributed by atoms with Crippen LogP contribution in [0.2, 0.25) is 0 Å². The molecule has 94 valence electrons. The van der Waals surface area contributed by atoms with E-state index in [9.17, 15) is 4.79 Å². The van der Waals surface area contributed by atoms with Crippen molar-refractivity contribution in [3.8, 4) is 6.07 Å². The fourth-order valence-corrected chi connectivity index (χ4v) is 2.69. The van der Waals surface area contributed by atoms with Crippen LogP contribution in [0, 0.1) is 11.3 Å². The lowest BCUT2D eigenvalue weighted by Crippen LogP contribution is -2.30. The number of carbonyl (C=O) groups is 1. The van der Waals surface area contributed by atoms with Gasteiger partial charge in [0.2, 0.25) is 0 Å². The second-order valence-corrected chi connectivity index (χ2v) is 4.72. The molecular weight excluding hydrogens is 238 g/mol. The quantitative estimate of drug-likeness (QED) is 0.768. The third-order valence-electron chi connectivity index (χ3n) is 3.64. The van der Waals surface area contributed by atoms with Crippen LogP contribution in [0.3, 0.4) is 0 Å². The number of nitrogens with zero attached hydrogens (tertiary/aromatic N) is 3. The molecule has 1 fully saturated rings. The van der Waals surface area contributed by atoms with Gasteiger partial charge in [-0.1, -0.05) is 0 Å². The van der Waals surface area contributed by atoms with E-state index in [1.165, 1.54) is 0 Å². The minimum absolute atomic E-state index is 0.0188. The zero-order valence-electron chi connectivity index (χ0n) is 10.4. The van der Waals surface area contributed by atoms with E-state index in [1.54, 1.807) is 6.20 Å². The number of carbonyl (C=O) groups excluding carboxylic acids is 1. The van der Waals surface area contributed by atoms with Gasteiger partial charge in [-0.25, -0.2) is 4.98 Å². The Balaban J connectivity index is 2.08. The minimum Gasteiger partial charge on any atom is -0.362 e. The summed E-state index contributed by atoms with van der Waals surface area (Å²) in [5.74, 6) is 0. The molecule has 0 N–H and O–H groups in total. The smallest absolute Gasteiger partial charge is 0.148 e. The highest BCUT2D eigenvalue weighted by Crippen LogP contribution is 2.28. The fraction of sp³-hybridized carbons (Fsp3) is 0.267. The van der Waals surface area contributed by atoms with E-state index in [0.29, 0.717) is 5.69 Å². The molecule has 1 unspecified atom stereocenters. The van der Waals surface area contributed by atoms with Gasteiger partial charge in [0.25, 0.3) is 0 Å². The van der Waals surface area contributed by atoms with Gasteiger partial charge in [0.05, 0.1) is 6.04 Å². The Hall–Kier alpha value is -2.41. The summed E-state index contributed by atoms with van der Waals surface area (Å²) in [4.78, 5) is 17.2. The topological polar surface area (TPSA) is 57.0 Å². The Morgan fingerprint density at radius 2 is 2.32 bits per heavy atom. The van der Waals surface area contributed by atoms with Crippen LogP contribution < -0.4 is 4.90 Å². The van der Waals surface area contributed by atoms with Crippen LogP contribution in [-0.4, -0.2) is 23.9 Å². The van der Waals surface area contributed by atoms with Gasteiger partial charge in [0, 0.05) is 23.8 Å². The third kappa shape index (κ3) is 1.93. The first-order valence-corrected chi connectivity index (χ1v) is 6.34. The van der Waals surface area contributed by atoms with E-state index >= 15 is 0 Å². The predicted octanol–water partition coefficient (Wildman–Crippen LogP) is 2.27. The Morgan fingerprint density at radius 1 is 1.42 bits per heavy atom. The van der Waals surface area contributed by atoms with E-state index < -0.39 is 0 Å². The number of aldehydes is 1. The van der Waals surface area contributed by atoms with E-state index in [-0.39, 0.29) is 6.04 Å². The predicted molar refractivity (Wildman–Crippen MR) is 72.9 cm³/mol. The zero-order valence-corrected chi connectivity index (χ0v) is 10.4. The molecule has 1 saturated heterocycles.